The Labute approximate surface area is 139 Å². The summed E-state index contributed by atoms with van der Waals surface area (Å²) in [6, 6.07) is 7.29. The molecule has 1 fully saturated rings. The number of carbonyl (C=O) groups excluding carboxylic acids is 1. The minimum Gasteiger partial charge on any atom is -0.490 e. The van der Waals surface area contributed by atoms with Crippen LogP contribution in [0.2, 0.25) is 0 Å². The van der Waals surface area contributed by atoms with Crippen LogP contribution < -0.4 is 10.1 Å². The van der Waals surface area contributed by atoms with Crippen molar-refractivity contribution in [2.75, 3.05) is 13.2 Å². The summed E-state index contributed by atoms with van der Waals surface area (Å²) < 4.78 is 11.3. The lowest BCUT2D eigenvalue weighted by molar-refractivity contribution is 0.0670. The van der Waals surface area contributed by atoms with E-state index in [2.05, 4.69) is 10.3 Å². The molecular weight excluding hydrogens is 312 g/mol. The van der Waals surface area contributed by atoms with Crippen molar-refractivity contribution >= 4 is 17.2 Å². The highest BCUT2D eigenvalue weighted by Gasteiger charge is 2.18. The number of nitrogens with zero attached hydrogens (tertiary/aromatic N) is 1. The van der Waals surface area contributed by atoms with Gasteiger partial charge in [0.15, 0.2) is 0 Å². The van der Waals surface area contributed by atoms with Crippen LogP contribution in [0.25, 0.3) is 0 Å². The average molecular weight is 332 g/mol. The molecule has 0 radical (unpaired) electrons. The van der Waals surface area contributed by atoms with Crippen LogP contribution in [0.4, 0.5) is 0 Å². The molecule has 1 aliphatic rings. The molecule has 122 valence electrons. The molecule has 6 heteroatoms. The van der Waals surface area contributed by atoms with E-state index in [4.69, 9.17) is 9.47 Å². The first-order valence-corrected chi connectivity index (χ1v) is 8.63. The van der Waals surface area contributed by atoms with Gasteiger partial charge >= 0.3 is 0 Å². The van der Waals surface area contributed by atoms with Crippen molar-refractivity contribution < 1.29 is 14.3 Å². The van der Waals surface area contributed by atoms with Crippen molar-refractivity contribution in [3.63, 3.8) is 0 Å². The van der Waals surface area contributed by atoms with E-state index < -0.39 is 0 Å². The molecule has 0 aliphatic carbocycles. The zero-order chi connectivity index (χ0) is 16.1. The normalized spacial score (nSPS) is 17.2. The summed E-state index contributed by atoms with van der Waals surface area (Å²) in [7, 11) is 0. The van der Waals surface area contributed by atoms with Crippen molar-refractivity contribution in [2.24, 2.45) is 0 Å². The summed E-state index contributed by atoms with van der Waals surface area (Å²) in [6.07, 6.45) is 2.21. The summed E-state index contributed by atoms with van der Waals surface area (Å²) >= 11 is 1.54. The van der Waals surface area contributed by atoms with Gasteiger partial charge in [0.25, 0.3) is 5.91 Å². The van der Waals surface area contributed by atoms with Crippen LogP contribution in [0.5, 0.6) is 5.75 Å². The van der Waals surface area contributed by atoms with E-state index in [-0.39, 0.29) is 12.0 Å². The fourth-order valence-corrected chi connectivity index (χ4v) is 3.19. The lowest BCUT2D eigenvalue weighted by atomic mass is 10.2. The highest BCUT2D eigenvalue weighted by molar-refractivity contribution is 7.09. The molecule has 1 saturated heterocycles. The fraction of sp³-hybridized carbons (Fsp3) is 0.412. The van der Waals surface area contributed by atoms with Gasteiger partial charge in [-0.3, -0.25) is 4.79 Å². The monoisotopic (exact) mass is 332 g/mol. The first kappa shape index (κ1) is 16.0. The van der Waals surface area contributed by atoms with Gasteiger partial charge in [-0.15, -0.1) is 11.3 Å². The molecule has 1 aromatic heterocycles. The molecule has 1 aromatic carbocycles. The Bertz CT molecular complexity index is 665. The Morgan fingerprint density at radius 2 is 2.35 bits per heavy atom. The number of aryl methyl sites for hydroxylation is 1. The Morgan fingerprint density at radius 1 is 1.48 bits per heavy atom. The van der Waals surface area contributed by atoms with Gasteiger partial charge in [-0.05, 0) is 31.9 Å². The van der Waals surface area contributed by atoms with Crippen LogP contribution >= 0.6 is 11.3 Å². The molecule has 1 amide bonds. The van der Waals surface area contributed by atoms with E-state index in [0.717, 1.165) is 30.2 Å². The minimum atomic E-state index is -0.152. The SMILES string of the molecule is Cc1csc(CNC(=O)c2ccccc2OC[C@@H]2CCCO2)n1. The number of ether oxygens (including phenoxy) is 2. The zero-order valence-electron chi connectivity index (χ0n) is 13.1. The average Bonchev–Trinajstić information content (AvgIpc) is 3.22. The number of carbonyl (C=O) groups is 1. The second kappa shape index (κ2) is 7.57. The number of benzene rings is 1. The largest absolute Gasteiger partial charge is 0.490 e. The van der Waals surface area contributed by atoms with Crippen LogP contribution in [-0.2, 0) is 11.3 Å². The molecule has 23 heavy (non-hydrogen) atoms. The van der Waals surface area contributed by atoms with Crippen LogP contribution in [0, 0.1) is 6.92 Å². The van der Waals surface area contributed by atoms with Gasteiger partial charge < -0.3 is 14.8 Å². The smallest absolute Gasteiger partial charge is 0.255 e. The van der Waals surface area contributed by atoms with Crippen molar-refractivity contribution in [2.45, 2.75) is 32.4 Å². The molecular formula is C17H20N2O3S. The molecule has 5 nitrogen and oxygen atoms in total. The van der Waals surface area contributed by atoms with Gasteiger partial charge in [0.2, 0.25) is 0 Å². The topological polar surface area (TPSA) is 60.5 Å². The maximum atomic E-state index is 12.4. The van der Waals surface area contributed by atoms with Crippen LogP contribution in [-0.4, -0.2) is 30.2 Å². The predicted octanol–water partition coefficient (Wildman–Crippen LogP) is 2.94. The fourth-order valence-electron chi connectivity index (χ4n) is 2.47. The third-order valence-electron chi connectivity index (χ3n) is 3.65. The van der Waals surface area contributed by atoms with E-state index >= 15 is 0 Å². The molecule has 2 heterocycles. The molecule has 0 saturated carbocycles. The van der Waals surface area contributed by atoms with Gasteiger partial charge in [0.05, 0.1) is 18.2 Å². The Kier molecular flexibility index (Phi) is 5.25. The van der Waals surface area contributed by atoms with Gasteiger partial charge in [0, 0.05) is 17.7 Å². The lowest BCUT2D eigenvalue weighted by Crippen LogP contribution is -2.24. The maximum Gasteiger partial charge on any atom is 0.255 e. The second-order valence-electron chi connectivity index (χ2n) is 5.51. The Morgan fingerprint density at radius 3 is 3.09 bits per heavy atom. The summed E-state index contributed by atoms with van der Waals surface area (Å²) in [6.45, 7) is 3.65. The zero-order valence-corrected chi connectivity index (χ0v) is 13.9. The quantitative estimate of drug-likeness (QED) is 0.883. The third-order valence-corrected chi connectivity index (χ3v) is 4.61. The van der Waals surface area contributed by atoms with Crippen LogP contribution in [0.3, 0.4) is 0 Å². The molecule has 0 unspecified atom stereocenters. The highest BCUT2D eigenvalue weighted by Crippen LogP contribution is 2.20. The number of para-hydroxylation sites is 1. The van der Waals surface area contributed by atoms with Crippen molar-refractivity contribution in [1.82, 2.24) is 10.3 Å². The van der Waals surface area contributed by atoms with E-state index in [9.17, 15) is 4.79 Å². The Hall–Kier alpha value is -1.92. The maximum absolute atomic E-state index is 12.4. The standard InChI is InChI=1S/C17H20N2O3S/c1-12-11-23-16(19-12)9-18-17(20)14-6-2-3-7-15(14)22-10-13-5-4-8-21-13/h2-3,6-7,11,13H,4-5,8-10H2,1H3,(H,18,20)/t13-/m0/s1. The van der Waals surface area contributed by atoms with Crippen LogP contribution in [0.1, 0.15) is 33.9 Å². The molecule has 0 bridgehead atoms. The van der Waals surface area contributed by atoms with E-state index in [1.807, 2.05) is 30.5 Å². The molecule has 1 aliphatic heterocycles. The third kappa shape index (κ3) is 4.30. The summed E-state index contributed by atoms with van der Waals surface area (Å²) in [5, 5.41) is 5.76. The van der Waals surface area contributed by atoms with Gasteiger partial charge in [-0.25, -0.2) is 4.98 Å². The van der Waals surface area contributed by atoms with Gasteiger partial charge in [-0.2, -0.15) is 0 Å². The van der Waals surface area contributed by atoms with E-state index in [1.165, 1.54) is 0 Å². The van der Waals surface area contributed by atoms with Crippen molar-refractivity contribution in [1.29, 1.82) is 0 Å². The lowest BCUT2D eigenvalue weighted by Gasteiger charge is -2.14. The highest BCUT2D eigenvalue weighted by atomic mass is 32.1. The summed E-state index contributed by atoms with van der Waals surface area (Å²) in [4.78, 5) is 16.7. The van der Waals surface area contributed by atoms with E-state index in [1.54, 1.807) is 17.4 Å². The van der Waals surface area contributed by atoms with Gasteiger partial charge in [-0.1, -0.05) is 12.1 Å². The molecule has 1 atom stereocenters. The number of aromatic nitrogens is 1. The molecule has 2 aromatic rings. The van der Waals surface area contributed by atoms with Crippen LogP contribution in [0.15, 0.2) is 29.6 Å². The number of hydrogen-bond donors (Lipinski definition) is 1. The van der Waals surface area contributed by atoms with Crippen molar-refractivity contribution in [3.8, 4) is 5.75 Å². The minimum absolute atomic E-state index is 0.129. The number of nitrogens with one attached hydrogen (secondary N) is 1. The summed E-state index contributed by atoms with van der Waals surface area (Å²) in [5.41, 5.74) is 1.51. The molecule has 0 spiro atoms. The number of amides is 1. The summed E-state index contributed by atoms with van der Waals surface area (Å²) in [5.74, 6) is 0.441. The first-order valence-electron chi connectivity index (χ1n) is 7.75. The van der Waals surface area contributed by atoms with Crippen molar-refractivity contribution in [3.05, 3.63) is 45.9 Å². The molecule has 3 rings (SSSR count). The second-order valence-corrected chi connectivity index (χ2v) is 6.45. The van der Waals surface area contributed by atoms with Gasteiger partial charge in [0.1, 0.15) is 17.4 Å². The Balaban J connectivity index is 1.60. The first-order chi connectivity index (χ1) is 11.2. The predicted molar refractivity (Wildman–Crippen MR) is 88.9 cm³/mol. The van der Waals surface area contributed by atoms with E-state index in [0.29, 0.717) is 24.5 Å². The molecule has 1 N–H and O–H groups in total. The number of thiazole rings is 1. The number of hydrogen-bond acceptors (Lipinski definition) is 5. The number of rotatable bonds is 6.